The van der Waals surface area contributed by atoms with Crippen LogP contribution in [-0.2, 0) is 6.54 Å². The summed E-state index contributed by atoms with van der Waals surface area (Å²) < 4.78 is 1.45. The number of nitrogens with one attached hydrogen (secondary N) is 2. The maximum absolute atomic E-state index is 12.7. The van der Waals surface area contributed by atoms with Crippen molar-refractivity contribution in [3.05, 3.63) is 88.1 Å². The van der Waals surface area contributed by atoms with E-state index in [4.69, 9.17) is 0 Å². The Kier molecular flexibility index (Phi) is 4.84. The Hall–Kier alpha value is -3.08. The van der Waals surface area contributed by atoms with E-state index in [0.29, 0.717) is 12.2 Å². The predicted octanol–water partition coefficient (Wildman–Crippen LogP) is 3.60. The molecule has 0 bridgehead atoms. The minimum absolute atomic E-state index is 0.286. The van der Waals surface area contributed by atoms with Crippen LogP contribution in [0.3, 0.4) is 0 Å². The summed E-state index contributed by atoms with van der Waals surface area (Å²) >= 11 is 0. The highest BCUT2D eigenvalue weighted by Crippen LogP contribution is 2.24. The second-order valence-corrected chi connectivity index (χ2v) is 6.25. The Balaban J connectivity index is 1.88. The average Bonchev–Trinajstić information content (AvgIpc) is 2.97. The Labute approximate surface area is 146 Å². The Bertz CT molecular complexity index is 923. The fourth-order valence-corrected chi connectivity index (χ4v) is 2.81. The number of rotatable bonds is 5. The lowest BCUT2D eigenvalue weighted by molar-refractivity contribution is 0.101. The Morgan fingerprint density at radius 1 is 1.08 bits per heavy atom. The number of carbonyl (C=O) groups is 1. The van der Waals surface area contributed by atoms with Crippen molar-refractivity contribution < 1.29 is 4.79 Å². The van der Waals surface area contributed by atoms with Gasteiger partial charge in [-0.25, -0.2) is 4.79 Å². The largest absolute Gasteiger partial charge is 0.326 e. The molecule has 5 heteroatoms. The van der Waals surface area contributed by atoms with Gasteiger partial charge in [-0.15, -0.1) is 0 Å². The molecule has 3 aromatic rings. The third-order valence-electron chi connectivity index (χ3n) is 4.12. The Morgan fingerprint density at radius 2 is 1.76 bits per heavy atom. The van der Waals surface area contributed by atoms with Gasteiger partial charge in [0.1, 0.15) is 5.69 Å². The van der Waals surface area contributed by atoms with Crippen LogP contribution in [0.25, 0.3) is 0 Å². The standard InChI is InChI=1S/C20H21N3O2/c1-14(2)16-10-6-7-11-17(16)22-19(24)18-12-21-20(25)23(18)13-15-8-4-3-5-9-15/h3-12,14H,13H2,1-2H3,(H,21,25)(H,22,24). The number of aromatic nitrogens is 2. The summed E-state index contributed by atoms with van der Waals surface area (Å²) in [5.74, 6) is -0.0170. The highest BCUT2D eigenvalue weighted by atomic mass is 16.2. The van der Waals surface area contributed by atoms with Gasteiger partial charge in [-0.2, -0.15) is 0 Å². The van der Waals surface area contributed by atoms with E-state index in [9.17, 15) is 9.59 Å². The highest BCUT2D eigenvalue weighted by Gasteiger charge is 2.16. The molecule has 128 valence electrons. The van der Waals surface area contributed by atoms with Crippen molar-refractivity contribution >= 4 is 11.6 Å². The number of imidazole rings is 1. The quantitative estimate of drug-likeness (QED) is 0.748. The molecule has 1 heterocycles. The molecular weight excluding hydrogens is 314 g/mol. The zero-order valence-electron chi connectivity index (χ0n) is 14.3. The van der Waals surface area contributed by atoms with Gasteiger partial charge in [0, 0.05) is 11.9 Å². The van der Waals surface area contributed by atoms with Crippen molar-refractivity contribution in [2.75, 3.05) is 5.32 Å². The second-order valence-electron chi connectivity index (χ2n) is 6.25. The minimum Gasteiger partial charge on any atom is -0.320 e. The summed E-state index contributed by atoms with van der Waals surface area (Å²) in [6.45, 7) is 4.50. The van der Waals surface area contributed by atoms with Gasteiger partial charge in [0.05, 0.1) is 6.54 Å². The van der Waals surface area contributed by atoms with Gasteiger partial charge >= 0.3 is 5.69 Å². The van der Waals surface area contributed by atoms with Gasteiger partial charge in [-0.1, -0.05) is 62.4 Å². The van der Waals surface area contributed by atoms with Gasteiger partial charge in [0.15, 0.2) is 0 Å². The van der Waals surface area contributed by atoms with E-state index in [-0.39, 0.29) is 17.5 Å². The molecular formula is C20H21N3O2. The van der Waals surface area contributed by atoms with E-state index in [1.165, 1.54) is 10.8 Å². The van der Waals surface area contributed by atoms with Gasteiger partial charge in [0.25, 0.3) is 5.91 Å². The van der Waals surface area contributed by atoms with Crippen LogP contribution in [-0.4, -0.2) is 15.5 Å². The van der Waals surface area contributed by atoms with Crippen LogP contribution in [0.4, 0.5) is 5.69 Å². The Morgan fingerprint density at radius 3 is 2.48 bits per heavy atom. The first-order valence-corrected chi connectivity index (χ1v) is 8.28. The second kappa shape index (κ2) is 7.21. The summed E-state index contributed by atoms with van der Waals surface area (Å²) in [5.41, 5.74) is 2.80. The number of amides is 1. The predicted molar refractivity (Wildman–Crippen MR) is 99.1 cm³/mol. The molecule has 3 rings (SSSR count). The monoisotopic (exact) mass is 335 g/mol. The molecule has 1 amide bonds. The number of carbonyl (C=O) groups excluding carboxylic acids is 1. The molecule has 0 aliphatic carbocycles. The summed E-state index contributed by atoms with van der Waals surface area (Å²) in [6, 6.07) is 17.3. The summed E-state index contributed by atoms with van der Waals surface area (Å²) in [7, 11) is 0. The summed E-state index contributed by atoms with van der Waals surface area (Å²) in [5, 5.41) is 2.93. The van der Waals surface area contributed by atoms with Crippen LogP contribution in [0.5, 0.6) is 0 Å². The van der Waals surface area contributed by atoms with E-state index in [1.54, 1.807) is 0 Å². The average molecular weight is 335 g/mol. The van der Waals surface area contributed by atoms with Crippen LogP contribution in [0.1, 0.15) is 41.4 Å². The number of hydrogen-bond acceptors (Lipinski definition) is 2. The SMILES string of the molecule is CC(C)c1ccccc1NC(=O)c1c[nH]c(=O)n1Cc1ccccc1. The van der Waals surface area contributed by atoms with Crippen LogP contribution >= 0.6 is 0 Å². The highest BCUT2D eigenvalue weighted by molar-refractivity contribution is 6.03. The van der Waals surface area contributed by atoms with Crippen molar-refractivity contribution in [1.82, 2.24) is 9.55 Å². The molecule has 0 saturated heterocycles. The number of H-pyrrole nitrogens is 1. The molecule has 0 saturated carbocycles. The van der Waals surface area contributed by atoms with Gasteiger partial charge in [-0.05, 0) is 23.1 Å². The minimum atomic E-state index is -0.303. The first-order chi connectivity index (χ1) is 12.1. The third-order valence-corrected chi connectivity index (χ3v) is 4.12. The fourth-order valence-electron chi connectivity index (χ4n) is 2.81. The number of nitrogens with zero attached hydrogens (tertiary/aromatic N) is 1. The zero-order valence-corrected chi connectivity index (χ0v) is 14.3. The van der Waals surface area contributed by atoms with Crippen molar-refractivity contribution in [2.24, 2.45) is 0 Å². The first-order valence-electron chi connectivity index (χ1n) is 8.28. The molecule has 25 heavy (non-hydrogen) atoms. The van der Waals surface area contributed by atoms with Crippen molar-refractivity contribution in [2.45, 2.75) is 26.3 Å². The molecule has 1 aromatic heterocycles. The van der Waals surface area contributed by atoms with Crippen molar-refractivity contribution in [3.8, 4) is 0 Å². The molecule has 0 aliphatic heterocycles. The van der Waals surface area contributed by atoms with Crippen LogP contribution in [0.15, 0.2) is 65.6 Å². The first kappa shape index (κ1) is 16.8. The van der Waals surface area contributed by atoms with Crippen LogP contribution < -0.4 is 11.0 Å². The number of para-hydroxylation sites is 1. The van der Waals surface area contributed by atoms with Crippen molar-refractivity contribution in [3.63, 3.8) is 0 Å². The molecule has 0 radical (unpaired) electrons. The van der Waals surface area contributed by atoms with Gasteiger partial charge < -0.3 is 10.3 Å². The summed E-state index contributed by atoms with van der Waals surface area (Å²) in [6.07, 6.45) is 1.46. The maximum atomic E-state index is 12.7. The van der Waals surface area contributed by atoms with E-state index in [2.05, 4.69) is 24.1 Å². The molecule has 0 spiro atoms. The maximum Gasteiger partial charge on any atom is 0.326 e. The molecule has 0 unspecified atom stereocenters. The van der Waals surface area contributed by atoms with E-state index < -0.39 is 0 Å². The normalized spacial score (nSPS) is 10.8. The molecule has 2 aromatic carbocycles. The topological polar surface area (TPSA) is 66.9 Å². The number of aromatic amines is 1. The number of benzene rings is 2. The molecule has 0 atom stereocenters. The van der Waals surface area contributed by atoms with E-state index >= 15 is 0 Å². The van der Waals surface area contributed by atoms with Crippen LogP contribution in [0.2, 0.25) is 0 Å². The lowest BCUT2D eigenvalue weighted by Crippen LogP contribution is -2.24. The van der Waals surface area contributed by atoms with E-state index in [1.807, 2.05) is 54.6 Å². The zero-order chi connectivity index (χ0) is 17.8. The van der Waals surface area contributed by atoms with Crippen molar-refractivity contribution in [1.29, 1.82) is 0 Å². The lowest BCUT2D eigenvalue weighted by atomic mass is 10.0. The van der Waals surface area contributed by atoms with Crippen LogP contribution in [0, 0.1) is 0 Å². The smallest absolute Gasteiger partial charge is 0.320 e. The molecule has 0 aliphatic rings. The van der Waals surface area contributed by atoms with Gasteiger partial charge in [-0.3, -0.25) is 9.36 Å². The molecule has 0 fully saturated rings. The molecule has 5 nitrogen and oxygen atoms in total. The molecule has 2 N–H and O–H groups in total. The fraction of sp³-hybridized carbons (Fsp3) is 0.200. The lowest BCUT2D eigenvalue weighted by Gasteiger charge is -2.14. The van der Waals surface area contributed by atoms with E-state index in [0.717, 1.165) is 16.8 Å². The number of hydrogen-bond donors (Lipinski definition) is 2. The van der Waals surface area contributed by atoms with Gasteiger partial charge in [0.2, 0.25) is 0 Å². The number of anilines is 1. The third kappa shape index (κ3) is 3.71. The summed E-state index contributed by atoms with van der Waals surface area (Å²) in [4.78, 5) is 27.4.